The van der Waals surface area contributed by atoms with Gasteiger partial charge in [0.25, 0.3) is 5.56 Å². The quantitative estimate of drug-likeness (QED) is 0.514. The number of aromatic nitrogens is 3. The molecule has 0 saturated carbocycles. The number of pyridine rings is 1. The van der Waals surface area contributed by atoms with Crippen LogP contribution in [0.1, 0.15) is 11.1 Å². The van der Waals surface area contributed by atoms with Gasteiger partial charge in [-0.05, 0) is 48.9 Å². The summed E-state index contributed by atoms with van der Waals surface area (Å²) in [7, 11) is 0. The van der Waals surface area contributed by atoms with Gasteiger partial charge in [-0.1, -0.05) is 24.3 Å². The van der Waals surface area contributed by atoms with E-state index in [4.69, 9.17) is 5.26 Å². The minimum Gasteiger partial charge on any atom is -0.307 e. The van der Waals surface area contributed by atoms with Crippen LogP contribution in [0.15, 0.2) is 77.7 Å². The Morgan fingerprint density at radius 2 is 1.94 bits per heavy atom. The highest BCUT2D eigenvalue weighted by molar-refractivity contribution is 6.03. The second kappa shape index (κ2) is 7.89. The molecule has 0 aliphatic carbocycles. The highest BCUT2D eigenvalue weighted by Gasteiger charge is 2.29. The number of nitrogens with zero attached hydrogens (tertiary/aromatic N) is 4. The number of hydrogen-bond donors (Lipinski definition) is 2. The smallest absolute Gasteiger partial charge is 0.307 e. The molecule has 2 amide bonds. The lowest BCUT2D eigenvalue weighted by Gasteiger charge is -2.22. The Morgan fingerprint density at radius 3 is 2.75 bits per heavy atom. The number of benzene rings is 2. The van der Waals surface area contributed by atoms with E-state index in [1.807, 2.05) is 36.4 Å². The van der Waals surface area contributed by atoms with Gasteiger partial charge in [0.1, 0.15) is 5.82 Å². The topological polar surface area (TPSA) is 107 Å². The third kappa shape index (κ3) is 3.32. The molecule has 2 aromatic heterocycles. The molecule has 4 aromatic rings. The standard InChI is InChI=1S/C24H18N6O2/c25-15-16-6-4-7-17(14-16)27-24(32)29-13-11-20-21(19-10-5-12-26-22(19)29)28-30(23(20)31)18-8-2-1-3-9-18/h1-10,12,14,28H,11,13H2,(H,27,32). The molecule has 2 aromatic carbocycles. The van der Waals surface area contributed by atoms with Crippen LogP contribution in [0, 0.1) is 11.3 Å². The molecule has 2 N–H and O–H groups in total. The average molecular weight is 422 g/mol. The molecule has 1 aliphatic heterocycles. The summed E-state index contributed by atoms with van der Waals surface area (Å²) in [6.07, 6.45) is 1.99. The predicted octanol–water partition coefficient (Wildman–Crippen LogP) is 3.69. The number of amides is 2. The van der Waals surface area contributed by atoms with Gasteiger partial charge in [0, 0.05) is 29.6 Å². The SMILES string of the molecule is N#Cc1cccc(NC(=O)N2CCc3c([nH]n(-c4ccccc4)c3=O)-c3cccnc32)c1. The van der Waals surface area contributed by atoms with Crippen LogP contribution in [0.3, 0.4) is 0 Å². The van der Waals surface area contributed by atoms with Crippen molar-refractivity contribution in [2.24, 2.45) is 0 Å². The Hall–Kier alpha value is -4.64. The Bertz CT molecular complexity index is 1410. The van der Waals surface area contributed by atoms with E-state index in [9.17, 15) is 9.59 Å². The fourth-order valence-corrected chi connectivity index (χ4v) is 3.88. The lowest BCUT2D eigenvalue weighted by Crippen LogP contribution is -2.37. The molecule has 0 atom stereocenters. The lowest BCUT2D eigenvalue weighted by molar-refractivity contribution is 0.257. The first-order valence-electron chi connectivity index (χ1n) is 10.1. The third-order valence-corrected chi connectivity index (χ3v) is 5.39. The minimum absolute atomic E-state index is 0.148. The van der Waals surface area contributed by atoms with E-state index in [2.05, 4.69) is 21.5 Å². The largest absolute Gasteiger partial charge is 0.327 e. The monoisotopic (exact) mass is 422 g/mol. The summed E-state index contributed by atoms with van der Waals surface area (Å²) in [5.41, 5.74) is 3.49. The zero-order valence-corrected chi connectivity index (χ0v) is 16.9. The maximum atomic E-state index is 13.2. The van der Waals surface area contributed by atoms with Crippen molar-refractivity contribution in [3.63, 3.8) is 0 Å². The second-order valence-electron chi connectivity index (χ2n) is 7.34. The van der Waals surface area contributed by atoms with Crippen molar-refractivity contribution in [1.29, 1.82) is 5.26 Å². The maximum absolute atomic E-state index is 13.2. The van der Waals surface area contributed by atoms with Crippen LogP contribution in [-0.2, 0) is 6.42 Å². The molecule has 8 heteroatoms. The predicted molar refractivity (Wildman–Crippen MR) is 121 cm³/mol. The van der Waals surface area contributed by atoms with E-state index >= 15 is 0 Å². The Kier molecular flexibility index (Phi) is 4.76. The molecule has 156 valence electrons. The molecule has 3 heterocycles. The first kappa shape index (κ1) is 19.3. The molecule has 0 fully saturated rings. The van der Waals surface area contributed by atoms with Crippen LogP contribution in [0.2, 0.25) is 0 Å². The molecule has 5 rings (SSSR count). The van der Waals surface area contributed by atoms with Crippen molar-refractivity contribution < 1.29 is 4.79 Å². The summed E-state index contributed by atoms with van der Waals surface area (Å²) in [4.78, 5) is 32.3. The van der Waals surface area contributed by atoms with Gasteiger partial charge in [-0.25, -0.2) is 14.5 Å². The van der Waals surface area contributed by atoms with Crippen molar-refractivity contribution in [3.8, 4) is 23.0 Å². The van der Waals surface area contributed by atoms with Crippen LogP contribution >= 0.6 is 0 Å². The molecule has 0 radical (unpaired) electrons. The van der Waals surface area contributed by atoms with Gasteiger partial charge in [-0.15, -0.1) is 0 Å². The van der Waals surface area contributed by atoms with Gasteiger partial charge >= 0.3 is 6.03 Å². The van der Waals surface area contributed by atoms with Crippen LogP contribution in [-0.4, -0.2) is 27.3 Å². The van der Waals surface area contributed by atoms with Crippen molar-refractivity contribution >= 4 is 17.5 Å². The zero-order valence-electron chi connectivity index (χ0n) is 16.9. The molecular weight excluding hydrogens is 404 g/mol. The second-order valence-corrected chi connectivity index (χ2v) is 7.34. The first-order valence-corrected chi connectivity index (χ1v) is 10.1. The van der Waals surface area contributed by atoms with E-state index in [1.165, 1.54) is 9.58 Å². The highest BCUT2D eigenvalue weighted by Crippen LogP contribution is 2.33. The lowest BCUT2D eigenvalue weighted by atomic mass is 10.1. The van der Waals surface area contributed by atoms with Crippen molar-refractivity contribution in [3.05, 3.63) is 94.4 Å². The fourth-order valence-electron chi connectivity index (χ4n) is 3.88. The van der Waals surface area contributed by atoms with Gasteiger partial charge in [-0.3, -0.25) is 14.8 Å². The first-order chi connectivity index (χ1) is 15.7. The number of nitrogens with one attached hydrogen (secondary N) is 2. The van der Waals surface area contributed by atoms with E-state index in [0.29, 0.717) is 40.3 Å². The van der Waals surface area contributed by atoms with E-state index in [-0.39, 0.29) is 18.1 Å². The van der Waals surface area contributed by atoms with E-state index in [0.717, 1.165) is 5.69 Å². The third-order valence-electron chi connectivity index (χ3n) is 5.39. The highest BCUT2D eigenvalue weighted by atomic mass is 16.2. The molecule has 0 bridgehead atoms. The maximum Gasteiger partial charge on any atom is 0.327 e. The van der Waals surface area contributed by atoms with Crippen LogP contribution in [0.4, 0.5) is 16.3 Å². The van der Waals surface area contributed by atoms with Crippen molar-refractivity contribution in [2.75, 3.05) is 16.8 Å². The molecule has 32 heavy (non-hydrogen) atoms. The number of anilines is 2. The van der Waals surface area contributed by atoms with Gasteiger partial charge in [0.05, 0.1) is 23.0 Å². The Morgan fingerprint density at radius 1 is 1.09 bits per heavy atom. The Labute approximate surface area is 183 Å². The van der Waals surface area contributed by atoms with E-state index in [1.54, 1.807) is 36.5 Å². The number of carbonyl (C=O) groups excluding carboxylic acids is 1. The minimum atomic E-state index is -0.381. The number of H-pyrrole nitrogens is 1. The fraction of sp³-hybridized carbons (Fsp3) is 0.0833. The summed E-state index contributed by atoms with van der Waals surface area (Å²) in [6.45, 7) is 0.280. The average Bonchev–Trinajstić information content (AvgIpc) is 3.06. The van der Waals surface area contributed by atoms with Gasteiger partial charge in [0.15, 0.2) is 0 Å². The number of urea groups is 1. The molecule has 1 aliphatic rings. The number of carbonyl (C=O) groups is 1. The van der Waals surface area contributed by atoms with Crippen molar-refractivity contribution in [1.82, 2.24) is 14.8 Å². The number of fused-ring (bicyclic) bond motifs is 3. The number of hydrogen-bond acceptors (Lipinski definition) is 4. The van der Waals surface area contributed by atoms with Crippen LogP contribution in [0.5, 0.6) is 0 Å². The molecule has 0 saturated heterocycles. The summed E-state index contributed by atoms with van der Waals surface area (Å²) >= 11 is 0. The molecular formula is C24H18N6O2. The summed E-state index contributed by atoms with van der Waals surface area (Å²) < 4.78 is 1.52. The van der Waals surface area contributed by atoms with Gasteiger partial charge in [0.2, 0.25) is 0 Å². The number of rotatable bonds is 2. The normalized spacial score (nSPS) is 12.3. The van der Waals surface area contributed by atoms with Crippen LogP contribution < -0.4 is 15.8 Å². The molecule has 0 spiro atoms. The summed E-state index contributed by atoms with van der Waals surface area (Å²) in [5, 5.41) is 15.1. The summed E-state index contributed by atoms with van der Waals surface area (Å²) in [5.74, 6) is 0.460. The Balaban J connectivity index is 1.54. The van der Waals surface area contributed by atoms with Crippen molar-refractivity contribution in [2.45, 2.75) is 6.42 Å². The molecule has 8 nitrogen and oxygen atoms in total. The number of aromatic amines is 1. The summed E-state index contributed by atoms with van der Waals surface area (Å²) in [6, 6.07) is 21.4. The van der Waals surface area contributed by atoms with Gasteiger partial charge in [-0.2, -0.15) is 5.26 Å². The zero-order chi connectivity index (χ0) is 22.1. The van der Waals surface area contributed by atoms with Crippen LogP contribution in [0.25, 0.3) is 16.9 Å². The number of nitriles is 1. The number of para-hydroxylation sites is 1. The van der Waals surface area contributed by atoms with E-state index < -0.39 is 0 Å². The molecule has 0 unspecified atom stereocenters. The van der Waals surface area contributed by atoms with Gasteiger partial charge < -0.3 is 5.32 Å².